The lowest BCUT2D eigenvalue weighted by molar-refractivity contribution is -0.163. The van der Waals surface area contributed by atoms with E-state index in [2.05, 4.69) is 4.74 Å². The molecule has 0 aromatic carbocycles. The van der Waals surface area contributed by atoms with Gasteiger partial charge in [-0.3, -0.25) is 5.01 Å². The number of halogens is 5. The van der Waals surface area contributed by atoms with Crippen LogP contribution < -0.4 is 0 Å². The topological polar surface area (TPSA) is 32.8 Å². The van der Waals surface area contributed by atoms with E-state index in [1.54, 1.807) is 0 Å². The Balaban J connectivity index is 3.15. The molecule has 0 aliphatic carbocycles. The summed E-state index contributed by atoms with van der Waals surface area (Å²) in [5, 5.41) is 0.174. The maximum Gasteiger partial charge on any atom is 0.339 e. The van der Waals surface area contributed by atoms with E-state index >= 15 is 0 Å². The van der Waals surface area contributed by atoms with Crippen LogP contribution in [0.5, 0.6) is 0 Å². The second-order valence-corrected chi connectivity index (χ2v) is 3.74. The Morgan fingerprint density at radius 1 is 1.44 bits per heavy atom. The molecule has 9 heteroatoms. The van der Waals surface area contributed by atoms with Crippen LogP contribution in [0.1, 0.15) is 6.92 Å². The smallest absolute Gasteiger partial charge is 0.339 e. The average Bonchev–Trinajstić information content (AvgIpc) is 2.52. The van der Waals surface area contributed by atoms with E-state index < -0.39 is 35.7 Å². The van der Waals surface area contributed by atoms with Crippen molar-refractivity contribution in [1.29, 1.82) is 0 Å². The fourth-order valence-corrected chi connectivity index (χ4v) is 1.90. The maximum atomic E-state index is 12.8. The fourth-order valence-electron chi connectivity index (χ4n) is 1.62. The quantitative estimate of drug-likeness (QED) is 0.450. The predicted molar refractivity (Wildman–Crippen MR) is 54.9 cm³/mol. The number of hydrazine groups is 1. The van der Waals surface area contributed by atoms with Crippen molar-refractivity contribution in [3.8, 4) is 0 Å². The lowest BCUT2D eigenvalue weighted by atomic mass is 10.1. The molecule has 1 unspecified atom stereocenters. The SMILES string of the molecule is CCOC(=O)C1=C(Cl)N(C)N(C(F)F)C1C(F)F. The van der Waals surface area contributed by atoms with Crippen LogP contribution in [-0.2, 0) is 9.53 Å². The first-order valence-corrected chi connectivity index (χ1v) is 5.35. The van der Waals surface area contributed by atoms with Gasteiger partial charge < -0.3 is 4.74 Å². The monoisotopic (exact) mass is 290 g/mol. The van der Waals surface area contributed by atoms with Crippen LogP contribution in [0.2, 0.25) is 0 Å². The molecule has 4 nitrogen and oxygen atoms in total. The third-order valence-corrected chi connectivity index (χ3v) is 2.82. The van der Waals surface area contributed by atoms with E-state index in [9.17, 15) is 22.4 Å². The molecule has 0 spiro atoms. The molecular weight excluding hydrogens is 280 g/mol. The zero-order valence-electron chi connectivity index (χ0n) is 9.54. The molecule has 0 saturated heterocycles. The van der Waals surface area contributed by atoms with Crippen LogP contribution in [0.15, 0.2) is 10.7 Å². The first-order chi connectivity index (χ1) is 8.32. The van der Waals surface area contributed by atoms with Crippen molar-refractivity contribution >= 4 is 17.6 Å². The minimum atomic E-state index is -3.21. The molecule has 0 saturated carbocycles. The zero-order chi connectivity index (χ0) is 14.0. The number of hydrogen-bond donors (Lipinski definition) is 0. The summed E-state index contributed by atoms with van der Waals surface area (Å²) in [7, 11) is 1.07. The summed E-state index contributed by atoms with van der Waals surface area (Å²) in [6.07, 6.45) is -3.20. The van der Waals surface area contributed by atoms with Crippen molar-refractivity contribution < 1.29 is 27.1 Å². The molecule has 1 atom stereocenters. The molecule has 0 N–H and O–H groups in total. The number of rotatable bonds is 4. The number of carbonyl (C=O) groups is 1. The molecule has 18 heavy (non-hydrogen) atoms. The van der Waals surface area contributed by atoms with E-state index in [1.807, 2.05) is 0 Å². The first kappa shape index (κ1) is 15.0. The lowest BCUT2D eigenvalue weighted by Gasteiger charge is -2.30. The molecular formula is C9H11ClF4N2O2. The van der Waals surface area contributed by atoms with Gasteiger partial charge in [-0.1, -0.05) is 11.6 Å². The van der Waals surface area contributed by atoms with Gasteiger partial charge in [0, 0.05) is 7.05 Å². The Morgan fingerprint density at radius 3 is 2.39 bits per heavy atom. The number of hydrogen-bond acceptors (Lipinski definition) is 4. The maximum absolute atomic E-state index is 12.8. The summed E-state index contributed by atoms with van der Waals surface area (Å²) in [5.74, 6) is -1.12. The number of alkyl halides is 4. The molecule has 1 rings (SSSR count). The minimum absolute atomic E-state index is 0.0409. The van der Waals surface area contributed by atoms with Crippen LogP contribution >= 0.6 is 11.6 Å². The largest absolute Gasteiger partial charge is 0.462 e. The summed E-state index contributed by atoms with van der Waals surface area (Å²) in [6, 6.07) is -2.11. The summed E-state index contributed by atoms with van der Waals surface area (Å²) < 4.78 is 55.7. The van der Waals surface area contributed by atoms with Gasteiger partial charge >= 0.3 is 12.5 Å². The number of ether oxygens (including phenoxy) is 1. The zero-order valence-corrected chi connectivity index (χ0v) is 10.3. The third-order valence-electron chi connectivity index (χ3n) is 2.37. The summed E-state index contributed by atoms with van der Waals surface area (Å²) in [6.45, 7) is -1.82. The van der Waals surface area contributed by atoms with Crippen LogP contribution in [0.3, 0.4) is 0 Å². The Hall–Kier alpha value is -1.02. The van der Waals surface area contributed by atoms with E-state index in [1.165, 1.54) is 6.92 Å². The molecule has 0 bridgehead atoms. The molecule has 0 fully saturated rings. The van der Waals surface area contributed by atoms with Gasteiger partial charge in [-0.05, 0) is 6.92 Å². The van der Waals surface area contributed by atoms with E-state index in [0.29, 0.717) is 5.01 Å². The molecule has 0 amide bonds. The van der Waals surface area contributed by atoms with Gasteiger partial charge in [0.15, 0.2) is 0 Å². The Labute approximate surface area is 106 Å². The van der Waals surface area contributed by atoms with Gasteiger partial charge in [-0.2, -0.15) is 8.78 Å². The van der Waals surface area contributed by atoms with Crippen LogP contribution in [0, 0.1) is 0 Å². The van der Waals surface area contributed by atoms with Gasteiger partial charge in [0.05, 0.1) is 12.2 Å². The van der Waals surface area contributed by atoms with Crippen molar-refractivity contribution in [3.63, 3.8) is 0 Å². The van der Waals surface area contributed by atoms with Crippen LogP contribution in [0.4, 0.5) is 17.6 Å². The second-order valence-electron chi connectivity index (χ2n) is 3.39. The van der Waals surface area contributed by atoms with Crippen LogP contribution in [-0.4, -0.2) is 48.7 Å². The summed E-state index contributed by atoms with van der Waals surface area (Å²) in [4.78, 5) is 11.5. The highest BCUT2D eigenvalue weighted by Gasteiger charge is 2.49. The van der Waals surface area contributed by atoms with Crippen molar-refractivity contribution in [2.24, 2.45) is 0 Å². The molecule has 1 aliphatic rings. The van der Waals surface area contributed by atoms with Gasteiger partial charge in [0.2, 0.25) is 0 Å². The Morgan fingerprint density at radius 2 is 2.00 bits per heavy atom. The highest BCUT2D eigenvalue weighted by molar-refractivity contribution is 6.31. The third kappa shape index (κ3) is 2.54. The fraction of sp³-hybridized carbons (Fsp3) is 0.667. The summed E-state index contributed by atoms with van der Waals surface area (Å²) in [5.41, 5.74) is -0.656. The Kier molecular flexibility index (Phi) is 4.80. The number of esters is 1. The molecule has 1 heterocycles. The summed E-state index contributed by atoms with van der Waals surface area (Å²) >= 11 is 5.63. The minimum Gasteiger partial charge on any atom is -0.462 e. The second kappa shape index (κ2) is 5.75. The predicted octanol–water partition coefficient (Wildman–Crippen LogP) is 2.02. The van der Waals surface area contributed by atoms with Gasteiger partial charge in [0.25, 0.3) is 6.43 Å². The molecule has 1 aliphatic heterocycles. The first-order valence-electron chi connectivity index (χ1n) is 4.98. The van der Waals surface area contributed by atoms with Crippen molar-refractivity contribution in [2.75, 3.05) is 13.7 Å². The normalized spacial score (nSPS) is 21.4. The highest BCUT2D eigenvalue weighted by atomic mass is 35.5. The van der Waals surface area contributed by atoms with E-state index in [4.69, 9.17) is 11.6 Å². The highest BCUT2D eigenvalue weighted by Crippen LogP contribution is 2.36. The van der Waals surface area contributed by atoms with Gasteiger partial charge in [-0.15, -0.1) is 5.01 Å². The van der Waals surface area contributed by atoms with Crippen molar-refractivity contribution in [2.45, 2.75) is 25.9 Å². The average molecular weight is 291 g/mol. The molecule has 104 valence electrons. The van der Waals surface area contributed by atoms with E-state index in [0.717, 1.165) is 7.05 Å². The van der Waals surface area contributed by atoms with Gasteiger partial charge in [0.1, 0.15) is 11.2 Å². The molecule has 0 radical (unpaired) electrons. The molecule has 0 aromatic heterocycles. The Bertz CT molecular complexity index is 364. The number of carbonyl (C=O) groups excluding carboxylic acids is 1. The van der Waals surface area contributed by atoms with Crippen molar-refractivity contribution in [3.05, 3.63) is 10.7 Å². The standard InChI is InChI=1S/C9H11ClF4N2O2/c1-3-18-8(17)4-5(7(11)12)16(9(13)14)15(2)6(4)10/h5,7,9H,3H2,1-2H3. The van der Waals surface area contributed by atoms with E-state index in [-0.39, 0.29) is 11.6 Å². The van der Waals surface area contributed by atoms with Gasteiger partial charge in [-0.25, -0.2) is 13.6 Å². The lowest BCUT2D eigenvalue weighted by Crippen LogP contribution is -2.47. The molecule has 0 aromatic rings. The van der Waals surface area contributed by atoms with Crippen molar-refractivity contribution in [1.82, 2.24) is 10.0 Å². The van der Waals surface area contributed by atoms with Crippen LogP contribution in [0.25, 0.3) is 0 Å². The number of nitrogens with zero attached hydrogens (tertiary/aromatic N) is 2.